The van der Waals surface area contributed by atoms with Crippen LogP contribution in [0.3, 0.4) is 0 Å². The number of imidazole rings is 1. The first-order valence-electron chi connectivity index (χ1n) is 10.4. The molecule has 0 fully saturated rings. The summed E-state index contributed by atoms with van der Waals surface area (Å²) in [5.74, 6) is 2.39. The van der Waals surface area contributed by atoms with E-state index in [0.29, 0.717) is 18.0 Å². The molecule has 0 aliphatic rings. The topological polar surface area (TPSA) is 63.0 Å². The molecule has 0 radical (unpaired) electrons. The molecule has 7 nitrogen and oxygen atoms in total. The van der Waals surface area contributed by atoms with Gasteiger partial charge >= 0.3 is 0 Å². The molecule has 1 aromatic carbocycles. The van der Waals surface area contributed by atoms with Crippen molar-refractivity contribution in [3.8, 4) is 11.5 Å². The SMILES string of the molecule is CCN(CC)C[C@@H](O)COc1cc(CN(C)Cc2nccn2CC)ccc1OC. The lowest BCUT2D eigenvalue weighted by atomic mass is 10.2. The summed E-state index contributed by atoms with van der Waals surface area (Å²) in [5.41, 5.74) is 1.12. The van der Waals surface area contributed by atoms with Crippen LogP contribution in [-0.2, 0) is 19.6 Å². The average molecular weight is 405 g/mol. The van der Waals surface area contributed by atoms with E-state index in [1.165, 1.54) is 0 Å². The molecule has 29 heavy (non-hydrogen) atoms. The number of benzene rings is 1. The highest BCUT2D eigenvalue weighted by atomic mass is 16.5. The highest BCUT2D eigenvalue weighted by Gasteiger charge is 2.13. The molecule has 0 saturated heterocycles. The van der Waals surface area contributed by atoms with E-state index in [1.54, 1.807) is 7.11 Å². The second-order valence-corrected chi connectivity index (χ2v) is 7.24. The number of likely N-dealkylation sites (N-methyl/N-ethyl adjacent to an activating group) is 1. The van der Waals surface area contributed by atoms with Gasteiger partial charge in [-0.2, -0.15) is 0 Å². The van der Waals surface area contributed by atoms with E-state index in [1.807, 2.05) is 30.6 Å². The first-order valence-corrected chi connectivity index (χ1v) is 10.4. The minimum absolute atomic E-state index is 0.236. The van der Waals surface area contributed by atoms with Crippen LogP contribution in [0.4, 0.5) is 0 Å². The van der Waals surface area contributed by atoms with Crippen molar-refractivity contribution in [1.29, 1.82) is 0 Å². The largest absolute Gasteiger partial charge is 0.493 e. The molecule has 1 heterocycles. The van der Waals surface area contributed by atoms with Crippen LogP contribution in [0.25, 0.3) is 0 Å². The quantitative estimate of drug-likeness (QED) is 0.554. The van der Waals surface area contributed by atoms with E-state index < -0.39 is 6.10 Å². The summed E-state index contributed by atoms with van der Waals surface area (Å²) in [6.07, 6.45) is 3.31. The monoisotopic (exact) mass is 404 g/mol. The van der Waals surface area contributed by atoms with Gasteiger partial charge in [0.1, 0.15) is 18.5 Å². The number of aliphatic hydroxyl groups excluding tert-OH is 1. The van der Waals surface area contributed by atoms with Crippen molar-refractivity contribution in [3.63, 3.8) is 0 Å². The molecule has 0 saturated carbocycles. The molecular formula is C22H36N4O3. The van der Waals surface area contributed by atoms with Crippen LogP contribution in [0.2, 0.25) is 0 Å². The van der Waals surface area contributed by atoms with E-state index in [4.69, 9.17) is 9.47 Å². The minimum Gasteiger partial charge on any atom is -0.493 e. The second-order valence-electron chi connectivity index (χ2n) is 7.24. The van der Waals surface area contributed by atoms with Gasteiger partial charge in [0, 0.05) is 32.0 Å². The Kier molecular flexibility index (Phi) is 9.44. The fourth-order valence-electron chi connectivity index (χ4n) is 3.34. The van der Waals surface area contributed by atoms with Crippen molar-refractivity contribution in [1.82, 2.24) is 19.4 Å². The first-order chi connectivity index (χ1) is 14.0. The Morgan fingerprint density at radius 1 is 1.14 bits per heavy atom. The van der Waals surface area contributed by atoms with Gasteiger partial charge in [-0.15, -0.1) is 0 Å². The van der Waals surface area contributed by atoms with Crippen LogP contribution in [0.5, 0.6) is 11.5 Å². The van der Waals surface area contributed by atoms with E-state index in [0.717, 1.165) is 44.1 Å². The molecule has 0 aliphatic carbocycles. The van der Waals surface area contributed by atoms with Gasteiger partial charge in [-0.1, -0.05) is 19.9 Å². The summed E-state index contributed by atoms with van der Waals surface area (Å²) in [7, 11) is 3.71. The molecular weight excluding hydrogens is 368 g/mol. The van der Waals surface area contributed by atoms with Gasteiger partial charge in [0.25, 0.3) is 0 Å². The van der Waals surface area contributed by atoms with Crippen LogP contribution in [0.15, 0.2) is 30.6 Å². The maximum Gasteiger partial charge on any atom is 0.161 e. The zero-order valence-corrected chi connectivity index (χ0v) is 18.5. The van der Waals surface area contributed by atoms with E-state index in [-0.39, 0.29) is 6.61 Å². The van der Waals surface area contributed by atoms with Gasteiger partial charge in [-0.3, -0.25) is 4.90 Å². The number of ether oxygens (including phenoxy) is 2. The van der Waals surface area contributed by atoms with Crippen LogP contribution < -0.4 is 9.47 Å². The van der Waals surface area contributed by atoms with Gasteiger partial charge in [0.15, 0.2) is 11.5 Å². The zero-order valence-electron chi connectivity index (χ0n) is 18.5. The summed E-state index contributed by atoms with van der Waals surface area (Å²) in [6.45, 7) is 11.4. The standard InChI is InChI=1S/C22H36N4O3/c1-6-25(7-2)15-19(27)17-29-21-13-18(9-10-20(21)28-5)14-24(4)16-22-23-11-12-26(22)8-3/h9-13,19,27H,6-8,14-17H2,1-5H3/t19-/m1/s1. The van der Waals surface area contributed by atoms with E-state index in [2.05, 4.69) is 47.2 Å². The number of aliphatic hydroxyl groups is 1. The van der Waals surface area contributed by atoms with Gasteiger partial charge in [-0.25, -0.2) is 4.98 Å². The van der Waals surface area contributed by atoms with Crippen molar-refractivity contribution in [2.45, 2.75) is 46.5 Å². The smallest absolute Gasteiger partial charge is 0.161 e. The second kappa shape index (κ2) is 11.8. The lowest BCUT2D eigenvalue weighted by Gasteiger charge is -2.22. The van der Waals surface area contributed by atoms with Gasteiger partial charge in [0.2, 0.25) is 0 Å². The summed E-state index contributed by atoms with van der Waals surface area (Å²) < 4.78 is 13.5. The molecule has 0 bridgehead atoms. The highest BCUT2D eigenvalue weighted by molar-refractivity contribution is 5.43. The number of nitrogens with zero attached hydrogens (tertiary/aromatic N) is 4. The third-order valence-corrected chi connectivity index (χ3v) is 5.03. The van der Waals surface area contributed by atoms with Crippen molar-refractivity contribution < 1.29 is 14.6 Å². The third-order valence-electron chi connectivity index (χ3n) is 5.03. The molecule has 1 aromatic heterocycles. The Morgan fingerprint density at radius 2 is 1.90 bits per heavy atom. The van der Waals surface area contributed by atoms with Gasteiger partial charge in [-0.05, 0) is 44.8 Å². The number of rotatable bonds is 13. The summed E-state index contributed by atoms with van der Waals surface area (Å²) in [6, 6.07) is 5.95. The molecule has 0 unspecified atom stereocenters. The number of aromatic nitrogens is 2. The molecule has 2 rings (SSSR count). The molecule has 162 valence electrons. The molecule has 0 aliphatic heterocycles. The van der Waals surface area contributed by atoms with Crippen LogP contribution in [0, 0.1) is 0 Å². The maximum atomic E-state index is 10.3. The molecule has 0 amide bonds. The predicted octanol–water partition coefficient (Wildman–Crippen LogP) is 2.63. The van der Waals surface area contributed by atoms with Crippen molar-refractivity contribution in [2.75, 3.05) is 40.4 Å². The predicted molar refractivity (Wildman–Crippen MR) is 115 cm³/mol. The van der Waals surface area contributed by atoms with Crippen LogP contribution >= 0.6 is 0 Å². The van der Waals surface area contributed by atoms with Crippen molar-refractivity contribution >= 4 is 0 Å². The lowest BCUT2D eigenvalue weighted by molar-refractivity contribution is 0.0705. The van der Waals surface area contributed by atoms with E-state index in [9.17, 15) is 5.11 Å². The normalized spacial score (nSPS) is 12.6. The number of hydrogen-bond acceptors (Lipinski definition) is 6. The Labute approximate surface area is 174 Å². The Bertz CT molecular complexity index is 731. The lowest BCUT2D eigenvalue weighted by Crippen LogP contribution is -2.35. The van der Waals surface area contributed by atoms with E-state index >= 15 is 0 Å². The fourth-order valence-corrected chi connectivity index (χ4v) is 3.34. The van der Waals surface area contributed by atoms with Crippen LogP contribution in [-0.4, -0.2) is 71.0 Å². The molecule has 1 N–H and O–H groups in total. The number of hydrogen-bond donors (Lipinski definition) is 1. The summed E-state index contributed by atoms with van der Waals surface area (Å²) >= 11 is 0. The first kappa shape index (κ1) is 23.2. The van der Waals surface area contributed by atoms with Crippen molar-refractivity contribution in [3.05, 3.63) is 42.0 Å². The highest BCUT2D eigenvalue weighted by Crippen LogP contribution is 2.28. The molecule has 2 aromatic rings. The average Bonchev–Trinajstić information content (AvgIpc) is 3.17. The maximum absolute atomic E-state index is 10.3. The molecule has 7 heteroatoms. The minimum atomic E-state index is -0.543. The van der Waals surface area contributed by atoms with Crippen LogP contribution in [0.1, 0.15) is 32.2 Å². The Morgan fingerprint density at radius 3 is 2.55 bits per heavy atom. The third kappa shape index (κ3) is 7.03. The van der Waals surface area contributed by atoms with Gasteiger partial charge < -0.3 is 24.0 Å². The fraction of sp³-hybridized carbons (Fsp3) is 0.591. The summed E-state index contributed by atoms with van der Waals surface area (Å²) in [4.78, 5) is 8.84. The number of methoxy groups -OCH3 is 1. The van der Waals surface area contributed by atoms with Crippen molar-refractivity contribution in [2.24, 2.45) is 0 Å². The van der Waals surface area contributed by atoms with Gasteiger partial charge in [0.05, 0.1) is 13.7 Å². The Hall–Kier alpha value is -2.09. The molecule has 0 spiro atoms. The zero-order chi connectivity index (χ0) is 21.2. The molecule has 1 atom stereocenters. The number of aryl methyl sites for hydroxylation is 1. The Balaban J connectivity index is 1.98. The summed E-state index contributed by atoms with van der Waals surface area (Å²) in [5, 5.41) is 10.3.